The van der Waals surface area contributed by atoms with Gasteiger partial charge in [0.2, 0.25) is 0 Å². The fraction of sp³-hybridized carbons (Fsp3) is 0.538. The Morgan fingerprint density at radius 2 is 1.88 bits per heavy atom. The first kappa shape index (κ1) is 27.0. The number of pyridine rings is 2. The van der Waals surface area contributed by atoms with Crippen molar-refractivity contribution in [3.63, 3.8) is 0 Å². The number of hydrogen-bond donors (Lipinski definition) is 2. The van der Waals surface area contributed by atoms with Crippen molar-refractivity contribution in [2.75, 3.05) is 10.6 Å². The summed E-state index contributed by atoms with van der Waals surface area (Å²) in [6, 6.07) is 4.83. The number of ether oxygens (including phenoxy) is 1. The molecule has 2 N–H and O–H groups in total. The van der Waals surface area contributed by atoms with E-state index < -0.39 is 11.4 Å². The van der Waals surface area contributed by atoms with Crippen LogP contribution in [0.1, 0.15) is 71.2 Å². The molecule has 7 nitrogen and oxygen atoms in total. The van der Waals surface area contributed by atoms with Crippen LogP contribution in [-0.4, -0.2) is 27.6 Å². The van der Waals surface area contributed by atoms with E-state index in [0.717, 1.165) is 17.3 Å². The summed E-state index contributed by atoms with van der Waals surface area (Å²) in [5, 5.41) is 15.8. The molecule has 0 bridgehead atoms. The molecule has 0 amide bonds. The Morgan fingerprint density at radius 1 is 1.21 bits per heavy atom. The minimum atomic E-state index is -0.626. The van der Waals surface area contributed by atoms with E-state index in [9.17, 15) is 14.4 Å². The zero-order valence-electron chi connectivity index (χ0n) is 21.4. The molecule has 8 heteroatoms. The van der Waals surface area contributed by atoms with Crippen LogP contribution in [0, 0.1) is 42.8 Å². The first-order chi connectivity index (χ1) is 15.8. The Hall–Kier alpha value is -3.21. The molecule has 0 fully saturated rings. The summed E-state index contributed by atoms with van der Waals surface area (Å²) in [4.78, 5) is 21.1. The summed E-state index contributed by atoms with van der Waals surface area (Å²) in [7, 11) is 0. The third kappa shape index (κ3) is 7.98. The lowest BCUT2D eigenvalue weighted by Crippen LogP contribution is -2.33. The molecule has 2 heterocycles. The van der Waals surface area contributed by atoms with Gasteiger partial charge in [0.1, 0.15) is 11.7 Å². The largest absolute Gasteiger partial charge is 0.460 e. The van der Waals surface area contributed by atoms with Gasteiger partial charge in [0.15, 0.2) is 17.5 Å². The standard InChI is InChI=1S/C26H36FN5O2/c1-15(2)9-22(17(4)11-23(33)34-26(6,7)8)31-25-21(27)12-19(13-28)24(32-25)30-20-10-16(3)18(5)29-14-20/h10,12,14-15,17,22H,9,11H2,1-8H3,(H2,30,31,32)/t17-,22-/m1/s1. The highest BCUT2D eigenvalue weighted by Crippen LogP contribution is 2.27. The average molecular weight is 470 g/mol. The highest BCUT2D eigenvalue weighted by molar-refractivity contribution is 5.70. The molecule has 2 aromatic rings. The number of hydrogen-bond acceptors (Lipinski definition) is 7. The number of aryl methyl sites for hydroxylation is 2. The number of nitrogens with zero attached hydrogens (tertiary/aromatic N) is 3. The van der Waals surface area contributed by atoms with Crippen molar-refractivity contribution in [1.82, 2.24) is 9.97 Å². The number of esters is 1. The second-order valence-electron chi connectivity index (χ2n) is 10.2. The van der Waals surface area contributed by atoms with Gasteiger partial charge in [-0.1, -0.05) is 20.8 Å². The topological polar surface area (TPSA) is 99.9 Å². The van der Waals surface area contributed by atoms with E-state index in [1.807, 2.05) is 53.7 Å². The first-order valence-electron chi connectivity index (χ1n) is 11.6. The molecule has 2 rings (SSSR count). The van der Waals surface area contributed by atoms with Crippen molar-refractivity contribution in [2.24, 2.45) is 11.8 Å². The quantitative estimate of drug-likeness (QED) is 0.432. The van der Waals surface area contributed by atoms with Crippen LogP contribution in [0.4, 0.5) is 21.7 Å². The number of rotatable bonds is 9. The molecule has 0 saturated carbocycles. The van der Waals surface area contributed by atoms with Gasteiger partial charge < -0.3 is 15.4 Å². The van der Waals surface area contributed by atoms with Gasteiger partial charge >= 0.3 is 5.97 Å². The first-order valence-corrected chi connectivity index (χ1v) is 11.6. The normalized spacial score (nSPS) is 13.2. The Labute approximate surface area is 202 Å². The van der Waals surface area contributed by atoms with Crippen LogP contribution in [0.25, 0.3) is 0 Å². The Balaban J connectivity index is 2.31. The van der Waals surface area contributed by atoms with Crippen molar-refractivity contribution in [3.05, 3.63) is 41.0 Å². The molecule has 0 aliphatic rings. The second-order valence-corrected chi connectivity index (χ2v) is 10.2. The minimum absolute atomic E-state index is 0.0278. The fourth-order valence-electron chi connectivity index (χ4n) is 3.52. The van der Waals surface area contributed by atoms with Crippen LogP contribution in [0.2, 0.25) is 0 Å². The van der Waals surface area contributed by atoms with Crippen molar-refractivity contribution < 1.29 is 13.9 Å². The molecule has 0 unspecified atom stereocenters. The Kier molecular flexibility index (Phi) is 8.97. The zero-order chi connectivity index (χ0) is 25.6. The lowest BCUT2D eigenvalue weighted by atomic mass is 9.90. The molecule has 184 valence electrons. The highest BCUT2D eigenvalue weighted by Gasteiger charge is 2.26. The van der Waals surface area contributed by atoms with Gasteiger partial charge in [0.25, 0.3) is 0 Å². The smallest absolute Gasteiger partial charge is 0.306 e. The van der Waals surface area contributed by atoms with Gasteiger partial charge in [-0.15, -0.1) is 0 Å². The van der Waals surface area contributed by atoms with Gasteiger partial charge in [-0.3, -0.25) is 9.78 Å². The summed E-state index contributed by atoms with van der Waals surface area (Å²) >= 11 is 0. The summed E-state index contributed by atoms with van der Waals surface area (Å²) in [5.74, 6) is -0.486. The van der Waals surface area contributed by atoms with Gasteiger partial charge in [-0.25, -0.2) is 9.37 Å². The van der Waals surface area contributed by atoms with E-state index in [0.29, 0.717) is 18.0 Å². The van der Waals surface area contributed by atoms with E-state index >= 15 is 0 Å². The fourth-order valence-corrected chi connectivity index (χ4v) is 3.52. The van der Waals surface area contributed by atoms with Crippen LogP contribution in [0.5, 0.6) is 0 Å². The van der Waals surface area contributed by atoms with Crippen LogP contribution in [0.15, 0.2) is 18.3 Å². The van der Waals surface area contributed by atoms with Gasteiger partial charge in [-0.2, -0.15) is 5.26 Å². The molecule has 2 atom stereocenters. The third-order valence-corrected chi connectivity index (χ3v) is 5.34. The van der Waals surface area contributed by atoms with E-state index in [4.69, 9.17) is 4.74 Å². The maximum Gasteiger partial charge on any atom is 0.306 e. The number of nitriles is 1. The molecule has 34 heavy (non-hydrogen) atoms. The highest BCUT2D eigenvalue weighted by atomic mass is 19.1. The minimum Gasteiger partial charge on any atom is -0.460 e. The van der Waals surface area contributed by atoms with E-state index in [-0.39, 0.29) is 41.5 Å². The Morgan fingerprint density at radius 3 is 2.44 bits per heavy atom. The Bertz CT molecular complexity index is 1060. The van der Waals surface area contributed by atoms with Crippen molar-refractivity contribution >= 4 is 23.3 Å². The molecule has 0 aromatic carbocycles. The summed E-state index contributed by atoms with van der Waals surface area (Å²) in [6.07, 6.45) is 2.54. The number of aromatic nitrogens is 2. The van der Waals surface area contributed by atoms with Crippen molar-refractivity contribution in [2.45, 2.75) is 79.9 Å². The predicted octanol–water partition coefficient (Wildman–Crippen LogP) is 6.04. The maximum atomic E-state index is 14.9. The van der Waals surface area contributed by atoms with Crippen LogP contribution >= 0.6 is 0 Å². The van der Waals surface area contributed by atoms with Crippen molar-refractivity contribution in [1.29, 1.82) is 5.26 Å². The molecule has 0 aliphatic carbocycles. The molecule has 0 saturated heterocycles. The van der Waals surface area contributed by atoms with Crippen LogP contribution < -0.4 is 10.6 Å². The van der Waals surface area contributed by atoms with E-state index in [1.54, 1.807) is 6.20 Å². The van der Waals surface area contributed by atoms with Gasteiger partial charge in [0, 0.05) is 11.7 Å². The lowest BCUT2D eigenvalue weighted by molar-refractivity contribution is -0.156. The van der Waals surface area contributed by atoms with Gasteiger partial charge in [0.05, 0.1) is 23.9 Å². The van der Waals surface area contributed by atoms with Crippen LogP contribution in [0.3, 0.4) is 0 Å². The second kappa shape index (κ2) is 11.3. The molecular formula is C26H36FN5O2. The summed E-state index contributed by atoms with van der Waals surface area (Å²) in [6.45, 7) is 15.4. The van der Waals surface area contributed by atoms with Crippen molar-refractivity contribution in [3.8, 4) is 6.07 Å². The molecule has 0 radical (unpaired) electrons. The number of halogens is 1. The monoisotopic (exact) mass is 469 g/mol. The lowest BCUT2D eigenvalue weighted by Gasteiger charge is -2.28. The third-order valence-electron chi connectivity index (χ3n) is 5.34. The van der Waals surface area contributed by atoms with E-state index in [2.05, 4.69) is 34.4 Å². The summed E-state index contributed by atoms with van der Waals surface area (Å²) < 4.78 is 20.4. The van der Waals surface area contributed by atoms with Crippen LogP contribution in [-0.2, 0) is 9.53 Å². The van der Waals surface area contributed by atoms with Gasteiger partial charge in [-0.05, 0) is 70.6 Å². The van der Waals surface area contributed by atoms with E-state index in [1.165, 1.54) is 0 Å². The molecule has 2 aromatic heterocycles. The average Bonchev–Trinajstić information content (AvgIpc) is 2.70. The number of carbonyl (C=O) groups is 1. The molecule has 0 spiro atoms. The number of carbonyl (C=O) groups excluding carboxylic acids is 1. The number of anilines is 3. The number of nitrogens with one attached hydrogen (secondary N) is 2. The maximum absolute atomic E-state index is 14.9. The predicted molar refractivity (Wildman–Crippen MR) is 132 cm³/mol. The summed E-state index contributed by atoms with van der Waals surface area (Å²) in [5.41, 5.74) is 2.06. The SMILES string of the molecule is Cc1cc(Nc2nc(N[C@H](CC(C)C)[C@H](C)CC(=O)OC(C)(C)C)c(F)cc2C#N)cnc1C. The molecular weight excluding hydrogens is 433 g/mol. The zero-order valence-corrected chi connectivity index (χ0v) is 21.4. The molecule has 0 aliphatic heterocycles.